The van der Waals surface area contributed by atoms with Crippen LogP contribution in [-0.2, 0) is 4.74 Å². The van der Waals surface area contributed by atoms with Crippen molar-refractivity contribution in [3.8, 4) is 11.3 Å². The standard InChI is InChI=1S/C23H19ClFNO3/c24-19-4-2-1-3-18(19)23-10-7-17(29-23)6-9-22(27)16-5-8-21(20(25)15-16)26-11-13-28-14-12-26/h1-10,15H,11-14H2/b9-6+. The first-order valence-corrected chi connectivity index (χ1v) is 9.69. The molecular weight excluding hydrogens is 393 g/mol. The summed E-state index contributed by atoms with van der Waals surface area (Å²) in [6.45, 7) is 2.41. The SMILES string of the molecule is O=C(/C=C/c1ccc(-c2ccccc2Cl)o1)c1ccc(N2CCOCC2)c(F)c1. The van der Waals surface area contributed by atoms with E-state index in [2.05, 4.69) is 0 Å². The third kappa shape index (κ3) is 4.42. The van der Waals surface area contributed by atoms with Crippen molar-refractivity contribution in [1.82, 2.24) is 0 Å². The molecule has 0 aliphatic carbocycles. The number of carbonyl (C=O) groups excluding carboxylic acids is 1. The van der Waals surface area contributed by atoms with Crippen LogP contribution in [0.5, 0.6) is 0 Å². The van der Waals surface area contributed by atoms with Crippen molar-refractivity contribution in [2.24, 2.45) is 0 Å². The molecule has 0 atom stereocenters. The highest BCUT2D eigenvalue weighted by Crippen LogP contribution is 2.29. The Kier molecular flexibility index (Phi) is 5.79. The van der Waals surface area contributed by atoms with Gasteiger partial charge in [-0.15, -0.1) is 0 Å². The second kappa shape index (κ2) is 8.64. The average molecular weight is 412 g/mol. The van der Waals surface area contributed by atoms with Gasteiger partial charge in [0.05, 0.1) is 23.9 Å². The molecule has 0 saturated carbocycles. The zero-order valence-corrected chi connectivity index (χ0v) is 16.4. The Labute approximate surface area is 173 Å². The van der Waals surface area contributed by atoms with E-state index in [1.165, 1.54) is 12.1 Å². The maximum atomic E-state index is 14.5. The summed E-state index contributed by atoms with van der Waals surface area (Å²) in [5.41, 5.74) is 1.55. The summed E-state index contributed by atoms with van der Waals surface area (Å²) in [7, 11) is 0. The van der Waals surface area contributed by atoms with E-state index in [0.717, 1.165) is 5.56 Å². The number of anilines is 1. The van der Waals surface area contributed by atoms with E-state index in [1.807, 2.05) is 23.1 Å². The predicted octanol–water partition coefficient (Wildman–Crippen LogP) is 5.47. The first-order valence-electron chi connectivity index (χ1n) is 9.31. The first-order chi connectivity index (χ1) is 14.1. The number of furan rings is 1. The molecule has 1 aliphatic rings. The van der Waals surface area contributed by atoms with Crippen molar-refractivity contribution in [2.45, 2.75) is 0 Å². The topological polar surface area (TPSA) is 42.7 Å². The molecule has 4 rings (SSSR count). The van der Waals surface area contributed by atoms with Crippen LogP contribution in [0.1, 0.15) is 16.1 Å². The normalized spacial score (nSPS) is 14.5. The Hall–Kier alpha value is -2.89. The van der Waals surface area contributed by atoms with E-state index in [-0.39, 0.29) is 11.3 Å². The number of halogens is 2. The smallest absolute Gasteiger partial charge is 0.186 e. The van der Waals surface area contributed by atoms with Gasteiger partial charge in [-0.05, 0) is 54.6 Å². The van der Waals surface area contributed by atoms with Gasteiger partial charge >= 0.3 is 0 Å². The van der Waals surface area contributed by atoms with Crippen LogP contribution in [0, 0.1) is 5.82 Å². The van der Waals surface area contributed by atoms with Crippen molar-refractivity contribution in [3.05, 3.63) is 82.8 Å². The molecule has 0 spiro atoms. The predicted molar refractivity (Wildman–Crippen MR) is 112 cm³/mol. The van der Waals surface area contributed by atoms with E-state index in [4.69, 9.17) is 20.8 Å². The van der Waals surface area contributed by atoms with Crippen LogP contribution < -0.4 is 4.90 Å². The zero-order chi connectivity index (χ0) is 20.2. The fourth-order valence-corrected chi connectivity index (χ4v) is 3.45. The van der Waals surface area contributed by atoms with Gasteiger partial charge in [-0.1, -0.05) is 23.7 Å². The van der Waals surface area contributed by atoms with Gasteiger partial charge in [0.15, 0.2) is 5.78 Å². The highest BCUT2D eigenvalue weighted by atomic mass is 35.5. The maximum Gasteiger partial charge on any atom is 0.186 e. The van der Waals surface area contributed by atoms with Gasteiger partial charge in [0.2, 0.25) is 0 Å². The van der Waals surface area contributed by atoms with Gasteiger partial charge in [0.25, 0.3) is 0 Å². The molecule has 1 aliphatic heterocycles. The summed E-state index contributed by atoms with van der Waals surface area (Å²) >= 11 is 6.18. The summed E-state index contributed by atoms with van der Waals surface area (Å²) in [6, 6.07) is 15.5. The molecule has 1 aromatic heterocycles. The molecular formula is C23H19ClFNO3. The highest BCUT2D eigenvalue weighted by Gasteiger charge is 2.16. The van der Waals surface area contributed by atoms with Crippen molar-refractivity contribution < 1.29 is 18.3 Å². The largest absolute Gasteiger partial charge is 0.457 e. The minimum atomic E-state index is -0.412. The number of allylic oxidation sites excluding steroid dienone is 1. The zero-order valence-electron chi connectivity index (χ0n) is 15.6. The molecule has 2 heterocycles. The van der Waals surface area contributed by atoms with Gasteiger partial charge in [0.1, 0.15) is 17.3 Å². The Morgan fingerprint density at radius 2 is 1.86 bits per heavy atom. The molecule has 4 nitrogen and oxygen atoms in total. The molecule has 0 bridgehead atoms. The minimum absolute atomic E-state index is 0.286. The van der Waals surface area contributed by atoms with Crippen LogP contribution in [0.15, 0.2) is 65.1 Å². The summed E-state index contributed by atoms with van der Waals surface area (Å²) < 4.78 is 25.5. The molecule has 148 valence electrons. The van der Waals surface area contributed by atoms with E-state index >= 15 is 0 Å². The van der Waals surface area contributed by atoms with Crippen molar-refractivity contribution >= 4 is 29.1 Å². The third-order valence-electron chi connectivity index (χ3n) is 4.75. The van der Waals surface area contributed by atoms with Gasteiger partial charge in [-0.25, -0.2) is 4.39 Å². The van der Waals surface area contributed by atoms with Gasteiger partial charge in [-0.3, -0.25) is 4.79 Å². The Morgan fingerprint density at radius 3 is 2.62 bits per heavy atom. The number of ether oxygens (including phenoxy) is 1. The highest BCUT2D eigenvalue weighted by molar-refractivity contribution is 6.33. The Morgan fingerprint density at radius 1 is 1.07 bits per heavy atom. The lowest BCUT2D eigenvalue weighted by molar-refractivity contribution is 0.104. The molecule has 1 fully saturated rings. The molecule has 0 N–H and O–H groups in total. The van der Waals surface area contributed by atoms with Crippen LogP contribution in [-0.4, -0.2) is 32.1 Å². The van der Waals surface area contributed by atoms with Crippen LogP contribution in [0.3, 0.4) is 0 Å². The van der Waals surface area contributed by atoms with Crippen molar-refractivity contribution in [1.29, 1.82) is 0 Å². The number of ketones is 1. The number of hydrogen-bond acceptors (Lipinski definition) is 4. The summed E-state index contributed by atoms with van der Waals surface area (Å²) in [5, 5.41) is 0.587. The fourth-order valence-electron chi connectivity index (χ4n) is 3.22. The summed E-state index contributed by atoms with van der Waals surface area (Å²) in [6.07, 6.45) is 2.94. The number of carbonyl (C=O) groups is 1. The number of nitrogens with zero attached hydrogens (tertiary/aromatic N) is 1. The number of rotatable bonds is 5. The van der Waals surface area contributed by atoms with Gasteiger partial charge < -0.3 is 14.1 Å². The lowest BCUT2D eigenvalue weighted by Gasteiger charge is -2.29. The fraction of sp³-hybridized carbons (Fsp3) is 0.174. The quantitative estimate of drug-likeness (QED) is 0.412. The van der Waals surface area contributed by atoms with E-state index in [9.17, 15) is 9.18 Å². The molecule has 0 unspecified atom stereocenters. The molecule has 0 radical (unpaired) electrons. The molecule has 29 heavy (non-hydrogen) atoms. The summed E-state index contributed by atoms with van der Waals surface area (Å²) in [4.78, 5) is 14.4. The summed E-state index contributed by atoms with van der Waals surface area (Å²) in [5.74, 6) is 0.417. The van der Waals surface area contributed by atoms with E-state index in [1.54, 1.807) is 36.4 Å². The lowest BCUT2D eigenvalue weighted by atomic mass is 10.1. The van der Waals surface area contributed by atoms with Gasteiger partial charge in [-0.2, -0.15) is 0 Å². The van der Waals surface area contributed by atoms with E-state index in [0.29, 0.717) is 48.5 Å². The lowest BCUT2D eigenvalue weighted by Crippen LogP contribution is -2.36. The van der Waals surface area contributed by atoms with E-state index < -0.39 is 5.82 Å². The Bertz CT molecular complexity index is 1050. The molecule has 6 heteroatoms. The van der Waals surface area contributed by atoms with Crippen LogP contribution in [0.25, 0.3) is 17.4 Å². The van der Waals surface area contributed by atoms with Crippen LogP contribution in [0.2, 0.25) is 5.02 Å². The minimum Gasteiger partial charge on any atom is -0.457 e. The third-order valence-corrected chi connectivity index (χ3v) is 5.08. The molecule has 3 aromatic rings. The first kappa shape index (κ1) is 19.4. The number of morpholine rings is 1. The molecule has 0 amide bonds. The molecule has 1 saturated heterocycles. The van der Waals surface area contributed by atoms with Gasteiger partial charge in [0, 0.05) is 24.2 Å². The number of hydrogen-bond donors (Lipinski definition) is 0. The monoisotopic (exact) mass is 411 g/mol. The van der Waals surface area contributed by atoms with Crippen LogP contribution >= 0.6 is 11.6 Å². The number of benzene rings is 2. The van der Waals surface area contributed by atoms with Crippen molar-refractivity contribution in [2.75, 3.05) is 31.2 Å². The maximum absolute atomic E-state index is 14.5. The van der Waals surface area contributed by atoms with Crippen LogP contribution in [0.4, 0.5) is 10.1 Å². The second-order valence-electron chi connectivity index (χ2n) is 6.65. The van der Waals surface area contributed by atoms with Crippen molar-refractivity contribution in [3.63, 3.8) is 0 Å². The Balaban J connectivity index is 1.47. The average Bonchev–Trinajstić information content (AvgIpc) is 3.21. The molecule has 2 aromatic carbocycles. The second-order valence-corrected chi connectivity index (χ2v) is 7.05.